The largest absolute Gasteiger partial charge is 0.454 e. The molecule has 152 valence electrons. The molecule has 3 aliphatic rings. The van der Waals surface area contributed by atoms with Crippen molar-refractivity contribution in [3.05, 3.63) is 41.5 Å². The first-order valence-corrected chi connectivity index (χ1v) is 9.87. The van der Waals surface area contributed by atoms with Gasteiger partial charge in [-0.25, -0.2) is 4.79 Å². The number of anilines is 1. The van der Waals surface area contributed by atoms with E-state index in [1.165, 1.54) is 6.92 Å². The fourth-order valence-electron chi connectivity index (χ4n) is 4.81. The summed E-state index contributed by atoms with van der Waals surface area (Å²) in [6.07, 6.45) is 4.83. The number of ether oxygens (including phenoxy) is 1. The molecule has 0 spiro atoms. The Bertz CT molecular complexity index is 907. The predicted molar refractivity (Wildman–Crippen MR) is 105 cm³/mol. The van der Waals surface area contributed by atoms with Crippen LogP contribution in [-0.4, -0.2) is 41.2 Å². The van der Waals surface area contributed by atoms with Crippen LogP contribution in [0.5, 0.6) is 0 Å². The highest BCUT2D eigenvalue weighted by Gasteiger charge is 2.60. The quantitative estimate of drug-likeness (QED) is 0.467. The monoisotopic (exact) mass is 396 g/mol. The number of fused-ring (bicyclic) bond motifs is 5. The van der Waals surface area contributed by atoms with Gasteiger partial charge in [0, 0.05) is 5.69 Å². The van der Waals surface area contributed by atoms with Gasteiger partial charge in [-0.3, -0.25) is 19.3 Å². The SMILES string of the molecule is Cc1ccc(NC(=O)COC(=O)[C@H](C)N2C(=O)[C@@H]3[C@@H](C2=O)[C@H]2C=C[C@H]3C2)c(C)c1. The van der Waals surface area contributed by atoms with E-state index in [1.807, 2.05) is 38.1 Å². The van der Waals surface area contributed by atoms with Crippen LogP contribution in [0.25, 0.3) is 0 Å². The Kier molecular flexibility index (Phi) is 4.76. The third kappa shape index (κ3) is 3.24. The number of likely N-dealkylation sites (tertiary alicyclic amines) is 1. The fourth-order valence-corrected chi connectivity index (χ4v) is 4.81. The van der Waals surface area contributed by atoms with Crippen LogP contribution >= 0.6 is 0 Å². The zero-order valence-corrected chi connectivity index (χ0v) is 16.7. The summed E-state index contributed by atoms with van der Waals surface area (Å²) >= 11 is 0. The summed E-state index contributed by atoms with van der Waals surface area (Å²) in [5.74, 6) is -2.40. The number of hydrogen-bond donors (Lipinski definition) is 1. The van der Waals surface area contributed by atoms with Gasteiger partial charge in [-0.15, -0.1) is 0 Å². The number of nitrogens with one attached hydrogen (secondary N) is 1. The van der Waals surface area contributed by atoms with Crippen LogP contribution in [0.4, 0.5) is 5.69 Å². The van der Waals surface area contributed by atoms with E-state index >= 15 is 0 Å². The molecule has 1 N–H and O–H groups in total. The molecule has 7 nitrogen and oxygen atoms in total. The van der Waals surface area contributed by atoms with E-state index in [9.17, 15) is 19.2 Å². The highest BCUT2D eigenvalue weighted by molar-refractivity contribution is 6.09. The Morgan fingerprint density at radius 3 is 2.34 bits per heavy atom. The lowest BCUT2D eigenvalue weighted by molar-refractivity contribution is -0.159. The molecule has 2 bridgehead atoms. The average molecular weight is 396 g/mol. The van der Waals surface area contributed by atoms with E-state index in [-0.39, 0.29) is 35.5 Å². The van der Waals surface area contributed by atoms with Crippen molar-refractivity contribution in [1.82, 2.24) is 4.90 Å². The van der Waals surface area contributed by atoms with E-state index in [4.69, 9.17) is 4.74 Å². The van der Waals surface area contributed by atoms with Gasteiger partial charge in [-0.2, -0.15) is 0 Å². The summed E-state index contributed by atoms with van der Waals surface area (Å²) in [5.41, 5.74) is 2.63. The number of rotatable bonds is 5. The number of aryl methyl sites for hydroxylation is 2. The lowest BCUT2D eigenvalue weighted by Gasteiger charge is -2.23. The Morgan fingerprint density at radius 1 is 1.14 bits per heavy atom. The number of carbonyl (C=O) groups excluding carboxylic acids is 4. The minimum absolute atomic E-state index is 0.0817. The molecular formula is C22H24N2O5. The van der Waals surface area contributed by atoms with Crippen molar-refractivity contribution in [2.45, 2.75) is 33.2 Å². The molecule has 0 unspecified atom stereocenters. The minimum Gasteiger partial charge on any atom is -0.454 e. The molecule has 1 aromatic carbocycles. The van der Waals surface area contributed by atoms with Crippen LogP contribution in [0.1, 0.15) is 24.5 Å². The molecule has 1 aliphatic heterocycles. The lowest BCUT2D eigenvalue weighted by Crippen LogP contribution is -2.45. The maximum absolute atomic E-state index is 12.8. The highest BCUT2D eigenvalue weighted by Crippen LogP contribution is 2.52. The molecule has 1 aromatic rings. The second-order valence-electron chi connectivity index (χ2n) is 8.20. The Morgan fingerprint density at radius 2 is 1.76 bits per heavy atom. The summed E-state index contributed by atoms with van der Waals surface area (Å²) < 4.78 is 5.09. The van der Waals surface area contributed by atoms with Crippen molar-refractivity contribution in [1.29, 1.82) is 0 Å². The molecule has 1 saturated heterocycles. The van der Waals surface area contributed by atoms with Crippen molar-refractivity contribution in [3.8, 4) is 0 Å². The van der Waals surface area contributed by atoms with Gasteiger partial charge in [0.05, 0.1) is 11.8 Å². The van der Waals surface area contributed by atoms with Gasteiger partial charge >= 0.3 is 5.97 Å². The normalized spacial score (nSPS) is 27.9. The fraction of sp³-hybridized carbons (Fsp3) is 0.455. The maximum atomic E-state index is 12.8. The van der Waals surface area contributed by atoms with Gasteiger partial charge in [0.1, 0.15) is 6.04 Å². The summed E-state index contributed by atoms with van der Waals surface area (Å²) in [7, 11) is 0. The van der Waals surface area contributed by atoms with E-state index in [2.05, 4.69) is 5.32 Å². The minimum atomic E-state index is -1.05. The Hall–Kier alpha value is -2.96. The van der Waals surface area contributed by atoms with Gasteiger partial charge < -0.3 is 10.1 Å². The lowest BCUT2D eigenvalue weighted by atomic mass is 9.85. The second-order valence-corrected chi connectivity index (χ2v) is 8.20. The molecule has 1 heterocycles. The van der Waals surface area contributed by atoms with Gasteiger partial charge in [-0.1, -0.05) is 29.8 Å². The first-order valence-electron chi connectivity index (χ1n) is 9.87. The zero-order valence-electron chi connectivity index (χ0n) is 16.7. The molecular weight excluding hydrogens is 372 g/mol. The number of esters is 1. The number of allylic oxidation sites excluding steroid dienone is 2. The molecule has 2 fully saturated rings. The highest BCUT2D eigenvalue weighted by atomic mass is 16.5. The molecule has 2 aliphatic carbocycles. The third-order valence-corrected chi connectivity index (χ3v) is 6.23. The number of carbonyl (C=O) groups is 4. The van der Waals surface area contributed by atoms with E-state index in [1.54, 1.807) is 6.07 Å². The second kappa shape index (κ2) is 7.13. The van der Waals surface area contributed by atoms with Crippen molar-refractivity contribution in [2.75, 3.05) is 11.9 Å². The van der Waals surface area contributed by atoms with Gasteiger partial charge in [0.15, 0.2) is 6.61 Å². The molecule has 0 aromatic heterocycles. The Labute approximate surface area is 169 Å². The van der Waals surface area contributed by atoms with Crippen LogP contribution in [0, 0.1) is 37.5 Å². The number of benzene rings is 1. The van der Waals surface area contributed by atoms with Crippen LogP contribution in [-0.2, 0) is 23.9 Å². The van der Waals surface area contributed by atoms with Crippen LogP contribution in [0.3, 0.4) is 0 Å². The van der Waals surface area contributed by atoms with Crippen molar-refractivity contribution in [3.63, 3.8) is 0 Å². The summed E-state index contributed by atoms with van der Waals surface area (Å²) in [5, 5.41) is 2.70. The van der Waals surface area contributed by atoms with Gasteiger partial charge in [0.25, 0.3) is 5.91 Å². The van der Waals surface area contributed by atoms with Gasteiger partial charge in [-0.05, 0) is 50.7 Å². The van der Waals surface area contributed by atoms with E-state index in [0.717, 1.165) is 22.4 Å². The van der Waals surface area contributed by atoms with Crippen LogP contribution in [0.2, 0.25) is 0 Å². The maximum Gasteiger partial charge on any atom is 0.329 e. The first-order chi connectivity index (χ1) is 13.8. The standard InChI is InChI=1S/C22H24N2O5/c1-11-4-7-16(12(2)8-11)23-17(25)10-29-22(28)13(3)24-20(26)18-14-5-6-15(9-14)19(18)21(24)27/h4-8,13-15,18-19H,9-10H2,1-3H3,(H,23,25)/t13-,14-,15-,18-,19-/m0/s1. The van der Waals surface area contributed by atoms with Gasteiger partial charge in [0.2, 0.25) is 11.8 Å². The average Bonchev–Trinajstić information content (AvgIpc) is 3.35. The molecule has 7 heteroatoms. The van der Waals surface area contributed by atoms with Crippen molar-refractivity contribution >= 4 is 29.4 Å². The smallest absolute Gasteiger partial charge is 0.329 e. The Balaban J connectivity index is 1.35. The number of hydrogen-bond acceptors (Lipinski definition) is 5. The number of nitrogens with zero attached hydrogens (tertiary/aromatic N) is 1. The molecule has 0 radical (unpaired) electrons. The molecule has 29 heavy (non-hydrogen) atoms. The van der Waals surface area contributed by atoms with Crippen molar-refractivity contribution in [2.24, 2.45) is 23.7 Å². The first kappa shape index (κ1) is 19.4. The van der Waals surface area contributed by atoms with E-state index < -0.39 is 24.5 Å². The van der Waals surface area contributed by atoms with Crippen molar-refractivity contribution < 1.29 is 23.9 Å². The summed E-state index contributed by atoms with van der Waals surface area (Å²) in [4.78, 5) is 51.1. The van der Waals surface area contributed by atoms with E-state index in [0.29, 0.717) is 5.69 Å². The number of imide groups is 1. The van der Waals surface area contributed by atoms with Crippen LogP contribution in [0.15, 0.2) is 30.4 Å². The molecule has 5 atom stereocenters. The molecule has 1 saturated carbocycles. The molecule has 4 rings (SSSR count). The topological polar surface area (TPSA) is 92.8 Å². The summed E-state index contributed by atoms with van der Waals surface area (Å²) in [6.45, 7) is 4.82. The predicted octanol–water partition coefficient (Wildman–Crippen LogP) is 1.98. The third-order valence-electron chi connectivity index (χ3n) is 6.23. The van der Waals surface area contributed by atoms with Crippen LogP contribution < -0.4 is 5.32 Å². The summed E-state index contributed by atoms with van der Waals surface area (Å²) in [6, 6.07) is 4.55. The number of amides is 3. The molecule has 3 amide bonds. The zero-order chi connectivity index (χ0) is 20.9.